The second-order valence-electron chi connectivity index (χ2n) is 5.87. The zero-order valence-corrected chi connectivity index (χ0v) is 15.3. The fraction of sp³-hybridized carbons (Fsp3) is 0.0455. The third-order valence-corrected chi connectivity index (χ3v) is 4.50. The van der Waals surface area contributed by atoms with E-state index in [9.17, 15) is 13.2 Å². The molecule has 0 aliphatic heterocycles. The molecule has 0 N–H and O–H groups in total. The molecule has 0 radical (unpaired) electrons. The fourth-order valence-corrected chi connectivity index (χ4v) is 3.00. The van der Waals surface area contributed by atoms with Crippen LogP contribution in [0.25, 0.3) is 0 Å². The van der Waals surface area contributed by atoms with Gasteiger partial charge in [-0.15, -0.1) is 0 Å². The molecule has 0 saturated heterocycles. The van der Waals surface area contributed by atoms with Crippen molar-refractivity contribution < 1.29 is 13.2 Å². The van der Waals surface area contributed by atoms with Crippen molar-refractivity contribution in [3.8, 4) is 0 Å². The maximum absolute atomic E-state index is 13.6. The average molecular weight is 383 g/mol. The summed E-state index contributed by atoms with van der Waals surface area (Å²) in [6, 6.07) is 16.9. The number of allylic oxidation sites excluding steroid dienone is 1. The van der Waals surface area contributed by atoms with Gasteiger partial charge in [0.25, 0.3) is 0 Å². The van der Waals surface area contributed by atoms with E-state index in [0.717, 1.165) is 16.5 Å². The van der Waals surface area contributed by atoms with Crippen LogP contribution in [0.1, 0.15) is 11.1 Å². The second-order valence-corrected chi connectivity index (χ2v) is 6.84. The molecule has 0 amide bonds. The monoisotopic (exact) mass is 383 g/mol. The fourth-order valence-electron chi connectivity index (χ4n) is 2.35. The van der Waals surface area contributed by atoms with Crippen molar-refractivity contribution in [1.29, 1.82) is 0 Å². The Hall–Kier alpha value is -2.79. The molecule has 3 aromatic carbocycles. The van der Waals surface area contributed by atoms with E-state index >= 15 is 0 Å². The highest BCUT2D eigenvalue weighted by atomic mass is 32.2. The van der Waals surface area contributed by atoms with Gasteiger partial charge in [-0.25, -0.2) is 18.2 Å². The lowest BCUT2D eigenvalue weighted by Gasteiger charge is -2.04. The summed E-state index contributed by atoms with van der Waals surface area (Å²) in [5.74, 6) is -1.64. The Labute approximate surface area is 160 Å². The number of aliphatic imine (C=N–C) groups is 1. The molecule has 3 aromatic rings. The van der Waals surface area contributed by atoms with Crippen LogP contribution in [0, 0.1) is 24.4 Å². The van der Waals surface area contributed by atoms with Crippen molar-refractivity contribution in [2.45, 2.75) is 11.8 Å². The molecule has 0 aliphatic carbocycles. The van der Waals surface area contributed by atoms with Gasteiger partial charge in [0.1, 0.15) is 17.5 Å². The normalized spacial score (nSPS) is 11.9. The van der Waals surface area contributed by atoms with Gasteiger partial charge in [0.15, 0.2) is 0 Å². The topological polar surface area (TPSA) is 12.4 Å². The first-order valence-corrected chi connectivity index (χ1v) is 9.08. The molecule has 1 nitrogen and oxygen atoms in total. The lowest BCUT2D eigenvalue weighted by atomic mass is 10.1. The summed E-state index contributed by atoms with van der Waals surface area (Å²) in [5.41, 5.74) is 2.53. The number of nitrogens with zero attached hydrogens (tertiary/aromatic N) is 1. The van der Waals surface area contributed by atoms with Crippen molar-refractivity contribution in [3.63, 3.8) is 0 Å². The summed E-state index contributed by atoms with van der Waals surface area (Å²) >= 11 is 1.36. The van der Waals surface area contributed by atoms with Crippen molar-refractivity contribution >= 4 is 23.2 Å². The van der Waals surface area contributed by atoms with Crippen LogP contribution in [0.5, 0.6) is 0 Å². The summed E-state index contributed by atoms with van der Waals surface area (Å²) in [7, 11) is 0. The Morgan fingerprint density at radius 3 is 2.07 bits per heavy atom. The first kappa shape index (κ1) is 19.0. The molecular weight excluding hydrogens is 367 g/mol. The van der Waals surface area contributed by atoms with Gasteiger partial charge in [0.05, 0.1) is 11.4 Å². The van der Waals surface area contributed by atoms with Crippen LogP contribution in [0.4, 0.5) is 18.9 Å². The summed E-state index contributed by atoms with van der Waals surface area (Å²) < 4.78 is 40.3. The average Bonchev–Trinajstić information content (AvgIpc) is 2.63. The lowest BCUT2D eigenvalue weighted by Crippen LogP contribution is -1.98. The molecule has 0 saturated carbocycles. The van der Waals surface area contributed by atoms with E-state index in [1.165, 1.54) is 36.0 Å². The van der Waals surface area contributed by atoms with Gasteiger partial charge in [-0.3, -0.25) is 0 Å². The van der Waals surface area contributed by atoms with Crippen LogP contribution >= 0.6 is 11.8 Å². The van der Waals surface area contributed by atoms with E-state index < -0.39 is 11.6 Å². The molecule has 0 bridgehead atoms. The maximum Gasteiger partial charge on any atom is 0.126 e. The molecule has 0 heterocycles. The van der Waals surface area contributed by atoms with Crippen molar-refractivity contribution in [1.82, 2.24) is 0 Å². The number of halogens is 3. The summed E-state index contributed by atoms with van der Waals surface area (Å²) in [6.45, 7) is 1.97. The van der Waals surface area contributed by atoms with Crippen LogP contribution in [0.3, 0.4) is 0 Å². The third-order valence-electron chi connectivity index (χ3n) is 3.69. The molecule has 0 aromatic heterocycles. The van der Waals surface area contributed by atoms with E-state index in [1.807, 2.05) is 31.2 Å². The van der Waals surface area contributed by atoms with Gasteiger partial charge in [0.2, 0.25) is 0 Å². The molecular formula is C22H16F3NS. The Morgan fingerprint density at radius 1 is 0.815 bits per heavy atom. The highest BCUT2D eigenvalue weighted by Gasteiger charge is 2.06. The van der Waals surface area contributed by atoms with Crippen molar-refractivity contribution in [3.05, 3.63) is 107 Å². The van der Waals surface area contributed by atoms with Crippen molar-refractivity contribution in [2.75, 3.05) is 0 Å². The molecule has 0 spiro atoms. The highest BCUT2D eigenvalue weighted by Crippen LogP contribution is 2.21. The number of benzene rings is 3. The molecule has 0 aliphatic rings. The first-order valence-electron chi connectivity index (χ1n) is 8.20. The van der Waals surface area contributed by atoms with Gasteiger partial charge < -0.3 is 0 Å². The summed E-state index contributed by atoms with van der Waals surface area (Å²) in [5, 5.41) is 1.75. The van der Waals surface area contributed by atoms with Crippen LogP contribution in [0.15, 0.2) is 88.1 Å². The maximum atomic E-state index is 13.6. The quantitative estimate of drug-likeness (QED) is 0.347. The van der Waals surface area contributed by atoms with Gasteiger partial charge >= 0.3 is 0 Å². The largest absolute Gasteiger partial charge is 0.248 e. The smallest absolute Gasteiger partial charge is 0.126 e. The van der Waals surface area contributed by atoms with E-state index in [-0.39, 0.29) is 5.82 Å². The molecule has 27 heavy (non-hydrogen) atoms. The summed E-state index contributed by atoms with van der Waals surface area (Å²) in [4.78, 5) is 5.36. The minimum Gasteiger partial charge on any atom is -0.248 e. The predicted octanol–water partition coefficient (Wildman–Crippen LogP) is 6.84. The third kappa shape index (κ3) is 5.59. The van der Waals surface area contributed by atoms with E-state index in [4.69, 9.17) is 0 Å². The minimum atomic E-state index is -0.666. The van der Waals surface area contributed by atoms with Crippen LogP contribution in [0.2, 0.25) is 0 Å². The molecule has 0 unspecified atom stereocenters. The van der Waals surface area contributed by atoms with Gasteiger partial charge in [-0.05, 0) is 66.9 Å². The van der Waals surface area contributed by atoms with Crippen LogP contribution in [-0.4, -0.2) is 5.71 Å². The SMILES string of the molecule is Cc1ccc(N=C(C=CSc2ccc(F)cc2)c2cc(F)cc(F)c2)cc1. The van der Waals surface area contributed by atoms with Gasteiger partial charge in [-0.1, -0.05) is 29.5 Å². The van der Waals surface area contributed by atoms with Gasteiger partial charge in [-0.2, -0.15) is 0 Å². The minimum absolute atomic E-state index is 0.305. The molecule has 0 fully saturated rings. The Kier molecular flexibility index (Phi) is 6.14. The van der Waals surface area contributed by atoms with Crippen LogP contribution in [-0.2, 0) is 0 Å². The number of hydrogen-bond acceptors (Lipinski definition) is 2. The lowest BCUT2D eigenvalue weighted by molar-refractivity contribution is 0.583. The Morgan fingerprint density at radius 2 is 1.44 bits per heavy atom. The standard InChI is InChI=1S/C22H16F3NS/c1-15-2-6-20(7-3-15)26-22(16-12-18(24)14-19(25)13-16)10-11-27-21-8-4-17(23)5-9-21/h2-14H,1H3. The number of hydrogen-bond donors (Lipinski definition) is 0. The number of rotatable bonds is 5. The second kappa shape index (κ2) is 8.73. The molecule has 136 valence electrons. The van der Waals surface area contributed by atoms with E-state index in [0.29, 0.717) is 17.0 Å². The molecule has 0 atom stereocenters. The Balaban J connectivity index is 1.92. The van der Waals surface area contributed by atoms with E-state index in [2.05, 4.69) is 4.99 Å². The van der Waals surface area contributed by atoms with E-state index in [1.54, 1.807) is 23.6 Å². The number of aryl methyl sites for hydroxylation is 1. The number of thioether (sulfide) groups is 1. The van der Waals surface area contributed by atoms with Gasteiger partial charge in [0, 0.05) is 16.5 Å². The zero-order valence-electron chi connectivity index (χ0n) is 14.5. The van der Waals surface area contributed by atoms with Crippen molar-refractivity contribution in [2.24, 2.45) is 4.99 Å². The zero-order chi connectivity index (χ0) is 19.2. The van der Waals surface area contributed by atoms with Crippen LogP contribution < -0.4 is 0 Å². The molecule has 5 heteroatoms. The highest BCUT2D eigenvalue weighted by molar-refractivity contribution is 8.02. The predicted molar refractivity (Wildman–Crippen MR) is 105 cm³/mol. The molecule has 3 rings (SSSR count). The first-order chi connectivity index (χ1) is 13.0. The summed E-state index contributed by atoms with van der Waals surface area (Å²) in [6.07, 6.45) is 1.68. The Bertz CT molecular complexity index is 957.